The highest BCUT2D eigenvalue weighted by molar-refractivity contribution is 9.10. The molecule has 0 bridgehead atoms. The first-order valence-corrected chi connectivity index (χ1v) is 7.16. The summed E-state index contributed by atoms with van der Waals surface area (Å²) in [5.41, 5.74) is 0.528. The SMILES string of the molecule is Cc1c(C(=O)NCCNC(=O)c2ccc(Br)cc2)no[n+]1[O-]. The van der Waals surface area contributed by atoms with Crippen LogP contribution in [0.3, 0.4) is 0 Å². The van der Waals surface area contributed by atoms with Crippen molar-refractivity contribution in [3.8, 4) is 0 Å². The minimum atomic E-state index is -0.534. The minimum absolute atomic E-state index is 0.0748. The lowest BCUT2D eigenvalue weighted by Crippen LogP contribution is -2.35. The number of carbonyl (C=O) groups excluding carboxylic acids is 2. The standard InChI is InChI=1S/C13H13BrN4O4/c1-8-11(17-22-18(8)21)13(20)16-7-6-15-12(19)9-2-4-10(14)5-3-9/h2-5H,6-7H2,1H3,(H,15,19)(H,16,20). The van der Waals surface area contributed by atoms with Gasteiger partial charge in [0.15, 0.2) is 0 Å². The van der Waals surface area contributed by atoms with Crippen molar-refractivity contribution in [1.29, 1.82) is 0 Å². The van der Waals surface area contributed by atoms with Crippen LogP contribution in [0.5, 0.6) is 0 Å². The van der Waals surface area contributed by atoms with Gasteiger partial charge in [-0.3, -0.25) is 14.2 Å². The summed E-state index contributed by atoms with van der Waals surface area (Å²) >= 11 is 3.29. The number of amides is 2. The molecule has 2 aromatic rings. The van der Waals surface area contributed by atoms with Gasteiger partial charge in [-0.1, -0.05) is 15.9 Å². The summed E-state index contributed by atoms with van der Waals surface area (Å²) in [5.74, 6) is -0.773. The summed E-state index contributed by atoms with van der Waals surface area (Å²) in [7, 11) is 0. The number of rotatable bonds is 5. The Hall–Kier alpha value is -2.42. The van der Waals surface area contributed by atoms with E-state index in [1.54, 1.807) is 24.3 Å². The molecule has 9 heteroatoms. The molecule has 1 aromatic heterocycles. The van der Waals surface area contributed by atoms with E-state index in [2.05, 4.69) is 36.3 Å². The van der Waals surface area contributed by atoms with Crippen LogP contribution in [0.4, 0.5) is 0 Å². The van der Waals surface area contributed by atoms with Crippen LogP contribution in [0.1, 0.15) is 26.5 Å². The molecule has 8 nitrogen and oxygen atoms in total. The van der Waals surface area contributed by atoms with E-state index in [0.717, 1.165) is 4.47 Å². The van der Waals surface area contributed by atoms with Crippen molar-refractivity contribution in [3.63, 3.8) is 0 Å². The fourth-order valence-electron chi connectivity index (χ4n) is 1.64. The zero-order chi connectivity index (χ0) is 16.1. The maximum Gasteiger partial charge on any atom is 0.308 e. The Morgan fingerprint density at radius 3 is 2.36 bits per heavy atom. The van der Waals surface area contributed by atoms with E-state index >= 15 is 0 Å². The molecule has 0 saturated carbocycles. The summed E-state index contributed by atoms with van der Waals surface area (Å²) < 4.78 is 5.19. The van der Waals surface area contributed by atoms with Gasteiger partial charge in [0.2, 0.25) is 5.69 Å². The summed E-state index contributed by atoms with van der Waals surface area (Å²) in [6.45, 7) is 1.87. The monoisotopic (exact) mass is 368 g/mol. The molecule has 0 saturated heterocycles. The van der Waals surface area contributed by atoms with Crippen LogP contribution in [0, 0.1) is 12.1 Å². The molecular weight excluding hydrogens is 356 g/mol. The third kappa shape index (κ3) is 3.82. The van der Waals surface area contributed by atoms with Gasteiger partial charge in [0.1, 0.15) is 0 Å². The number of nitrogens with zero attached hydrogens (tertiary/aromatic N) is 2. The van der Waals surface area contributed by atoms with Gasteiger partial charge >= 0.3 is 11.6 Å². The van der Waals surface area contributed by atoms with Crippen LogP contribution in [-0.4, -0.2) is 30.1 Å². The molecule has 0 radical (unpaired) electrons. The highest BCUT2D eigenvalue weighted by Gasteiger charge is 2.22. The van der Waals surface area contributed by atoms with Crippen molar-refractivity contribution < 1.29 is 19.1 Å². The Kier molecular flexibility index (Phi) is 5.10. The predicted octanol–water partition coefficient (Wildman–Crippen LogP) is 0.539. The van der Waals surface area contributed by atoms with Crippen molar-refractivity contribution in [2.45, 2.75) is 6.92 Å². The van der Waals surface area contributed by atoms with E-state index < -0.39 is 5.91 Å². The highest BCUT2D eigenvalue weighted by atomic mass is 79.9. The smallest absolute Gasteiger partial charge is 0.308 e. The molecule has 0 spiro atoms. The summed E-state index contributed by atoms with van der Waals surface area (Å²) in [6.07, 6.45) is 0. The topological polar surface area (TPSA) is 111 Å². The fourth-order valence-corrected chi connectivity index (χ4v) is 1.90. The van der Waals surface area contributed by atoms with Crippen LogP contribution in [0.25, 0.3) is 0 Å². The first kappa shape index (κ1) is 16.0. The van der Waals surface area contributed by atoms with E-state index in [0.29, 0.717) is 5.56 Å². The van der Waals surface area contributed by atoms with E-state index in [4.69, 9.17) is 0 Å². The summed E-state index contributed by atoms with van der Waals surface area (Å²) in [6, 6.07) is 6.90. The van der Waals surface area contributed by atoms with Crippen molar-refractivity contribution in [3.05, 3.63) is 50.9 Å². The molecule has 116 valence electrons. The van der Waals surface area contributed by atoms with E-state index in [9.17, 15) is 14.8 Å². The van der Waals surface area contributed by atoms with Gasteiger partial charge in [-0.05, 0) is 29.2 Å². The van der Waals surface area contributed by atoms with Gasteiger partial charge in [-0.2, -0.15) is 0 Å². The molecule has 2 rings (SSSR count). The largest absolute Gasteiger partial charge is 0.359 e. The highest BCUT2D eigenvalue weighted by Crippen LogP contribution is 2.10. The second-order valence-electron chi connectivity index (χ2n) is 4.38. The maximum atomic E-state index is 11.8. The molecule has 0 aliphatic rings. The predicted molar refractivity (Wildman–Crippen MR) is 79.0 cm³/mol. The van der Waals surface area contributed by atoms with E-state index in [-0.39, 0.29) is 35.3 Å². The summed E-state index contributed by atoms with van der Waals surface area (Å²) in [5, 5.41) is 19.5. The molecule has 1 aromatic carbocycles. The third-order valence-corrected chi connectivity index (χ3v) is 3.37. The van der Waals surface area contributed by atoms with E-state index in [1.807, 2.05) is 0 Å². The average Bonchev–Trinajstić information content (AvgIpc) is 2.84. The number of nitrogens with one attached hydrogen (secondary N) is 2. The molecule has 22 heavy (non-hydrogen) atoms. The lowest BCUT2D eigenvalue weighted by Gasteiger charge is -2.05. The van der Waals surface area contributed by atoms with E-state index in [1.165, 1.54) is 6.92 Å². The van der Waals surface area contributed by atoms with Crippen LogP contribution >= 0.6 is 15.9 Å². The first-order valence-electron chi connectivity index (χ1n) is 6.37. The van der Waals surface area contributed by atoms with Crippen molar-refractivity contribution >= 4 is 27.7 Å². The van der Waals surface area contributed by atoms with Crippen molar-refractivity contribution in [1.82, 2.24) is 15.8 Å². The third-order valence-electron chi connectivity index (χ3n) is 2.84. The molecule has 0 unspecified atom stereocenters. The van der Waals surface area contributed by atoms with Gasteiger partial charge in [-0.25, -0.2) is 0 Å². The molecular formula is C13H13BrN4O4. The number of hydrogen-bond donors (Lipinski definition) is 2. The molecule has 0 aliphatic heterocycles. The minimum Gasteiger partial charge on any atom is -0.359 e. The van der Waals surface area contributed by atoms with Crippen LogP contribution in [-0.2, 0) is 0 Å². The second-order valence-corrected chi connectivity index (χ2v) is 5.30. The molecule has 0 fully saturated rings. The van der Waals surface area contributed by atoms with Crippen LogP contribution < -0.4 is 15.5 Å². The van der Waals surface area contributed by atoms with Crippen LogP contribution in [0.15, 0.2) is 33.4 Å². The molecule has 1 heterocycles. The number of halogens is 1. The van der Waals surface area contributed by atoms with Gasteiger partial charge in [-0.15, -0.1) is 0 Å². The van der Waals surface area contributed by atoms with Gasteiger partial charge in [0.25, 0.3) is 5.91 Å². The zero-order valence-electron chi connectivity index (χ0n) is 11.6. The second kappa shape index (κ2) is 7.03. The first-order chi connectivity index (χ1) is 10.5. The van der Waals surface area contributed by atoms with Crippen LogP contribution in [0.2, 0.25) is 0 Å². The fraction of sp³-hybridized carbons (Fsp3) is 0.231. The maximum absolute atomic E-state index is 11.8. The Bertz CT molecular complexity index is 684. The molecule has 2 amide bonds. The molecule has 0 atom stereocenters. The van der Waals surface area contributed by atoms with Crippen molar-refractivity contribution in [2.24, 2.45) is 0 Å². The lowest BCUT2D eigenvalue weighted by molar-refractivity contribution is -0.806. The van der Waals surface area contributed by atoms with Gasteiger partial charge < -0.3 is 15.8 Å². The van der Waals surface area contributed by atoms with Gasteiger partial charge in [0.05, 0.1) is 5.16 Å². The summed E-state index contributed by atoms with van der Waals surface area (Å²) in [4.78, 5) is 23.7. The Morgan fingerprint density at radius 2 is 1.82 bits per heavy atom. The normalized spacial score (nSPS) is 10.3. The number of aromatic nitrogens is 2. The Balaban J connectivity index is 1.77. The molecule has 2 N–H and O–H groups in total. The Morgan fingerprint density at radius 1 is 1.23 bits per heavy atom. The zero-order valence-corrected chi connectivity index (χ0v) is 13.2. The number of benzene rings is 1. The Labute approximate surface area is 134 Å². The molecule has 0 aliphatic carbocycles. The number of carbonyl (C=O) groups is 2. The quantitative estimate of drug-likeness (QED) is 0.590. The lowest BCUT2D eigenvalue weighted by atomic mass is 10.2. The van der Waals surface area contributed by atoms with Crippen molar-refractivity contribution in [2.75, 3.05) is 13.1 Å². The number of hydrogen-bond acceptors (Lipinski definition) is 5. The average molecular weight is 369 g/mol. The van der Waals surface area contributed by atoms with Gasteiger partial charge in [0, 0.05) is 30.0 Å².